The van der Waals surface area contributed by atoms with Crippen molar-refractivity contribution < 1.29 is 8.42 Å². The lowest BCUT2D eigenvalue weighted by atomic mass is 10.3. The van der Waals surface area contributed by atoms with Gasteiger partial charge in [0.25, 0.3) is 0 Å². The highest BCUT2D eigenvalue weighted by Gasteiger charge is 2.16. The largest absolute Gasteiger partial charge is 0.219 e. The summed E-state index contributed by atoms with van der Waals surface area (Å²) >= 11 is 0. The Bertz CT molecular complexity index is 904. The number of hydrogen-bond acceptors (Lipinski definition) is 4. The molecule has 0 heterocycles. The number of nitrogens with zero attached hydrogens (tertiary/aromatic N) is 2. The van der Waals surface area contributed by atoms with Crippen LogP contribution >= 0.6 is 0 Å². The molecule has 0 spiro atoms. The summed E-state index contributed by atoms with van der Waals surface area (Å²) in [5.41, 5.74) is 1.34. The first-order chi connectivity index (χ1) is 11.2. The highest BCUT2D eigenvalue weighted by molar-refractivity contribution is 7.91. The fourth-order valence-corrected chi connectivity index (χ4v) is 3.32. The third-order valence-electron chi connectivity index (χ3n) is 3.24. The van der Waals surface area contributed by atoms with Crippen LogP contribution in [-0.2, 0) is 9.84 Å². The fourth-order valence-electron chi connectivity index (χ4n) is 2.04. The predicted molar refractivity (Wildman–Crippen MR) is 89.0 cm³/mol. The van der Waals surface area contributed by atoms with Gasteiger partial charge in [-0.15, -0.1) is 0 Å². The molecule has 0 fully saturated rings. The van der Waals surface area contributed by atoms with Crippen molar-refractivity contribution in [2.24, 2.45) is 10.2 Å². The van der Waals surface area contributed by atoms with E-state index in [4.69, 9.17) is 0 Å². The van der Waals surface area contributed by atoms with E-state index in [2.05, 4.69) is 10.2 Å². The van der Waals surface area contributed by atoms with Crippen molar-refractivity contribution in [3.8, 4) is 0 Å². The Kier molecular flexibility index (Phi) is 4.30. The van der Waals surface area contributed by atoms with Gasteiger partial charge >= 0.3 is 0 Å². The Hall–Kier alpha value is -2.79. The van der Waals surface area contributed by atoms with Gasteiger partial charge in [0.2, 0.25) is 9.84 Å². The minimum absolute atomic E-state index is 0.238. The second-order valence-corrected chi connectivity index (χ2v) is 6.80. The van der Waals surface area contributed by atoms with Crippen LogP contribution < -0.4 is 0 Å². The van der Waals surface area contributed by atoms with Gasteiger partial charge in [-0.1, -0.05) is 36.4 Å². The van der Waals surface area contributed by atoms with Crippen molar-refractivity contribution in [3.05, 3.63) is 84.9 Å². The molecule has 23 heavy (non-hydrogen) atoms. The summed E-state index contributed by atoms with van der Waals surface area (Å²) in [5.74, 6) is 0. The lowest BCUT2D eigenvalue weighted by Gasteiger charge is -2.04. The van der Waals surface area contributed by atoms with Gasteiger partial charge in [0.15, 0.2) is 0 Å². The van der Waals surface area contributed by atoms with Crippen LogP contribution in [0.4, 0.5) is 11.4 Å². The first kappa shape index (κ1) is 15.1. The van der Waals surface area contributed by atoms with E-state index in [9.17, 15) is 8.42 Å². The molecule has 0 aliphatic rings. The van der Waals surface area contributed by atoms with E-state index in [0.29, 0.717) is 5.69 Å². The van der Waals surface area contributed by atoms with Gasteiger partial charge in [0, 0.05) is 0 Å². The van der Waals surface area contributed by atoms with Crippen LogP contribution in [0.5, 0.6) is 0 Å². The standard InChI is InChI=1S/C18H14N2O2S/c21-23(22,17-9-5-2-6-10-17)18-13-11-16(12-14-18)20-19-15-7-3-1-4-8-15/h1-14H. The molecule has 0 amide bonds. The number of sulfone groups is 1. The number of hydrogen-bond donors (Lipinski definition) is 0. The van der Waals surface area contributed by atoms with Crippen LogP contribution in [0.15, 0.2) is 105 Å². The molecule has 114 valence electrons. The van der Waals surface area contributed by atoms with Crippen molar-refractivity contribution in [1.29, 1.82) is 0 Å². The van der Waals surface area contributed by atoms with Crippen molar-refractivity contribution in [3.63, 3.8) is 0 Å². The van der Waals surface area contributed by atoms with Crippen molar-refractivity contribution in [2.75, 3.05) is 0 Å². The zero-order valence-electron chi connectivity index (χ0n) is 12.2. The normalized spacial score (nSPS) is 11.7. The Morgan fingerprint density at radius 3 is 1.52 bits per heavy atom. The Balaban J connectivity index is 1.84. The summed E-state index contributed by atoms with van der Waals surface area (Å²) in [6.45, 7) is 0. The van der Waals surface area contributed by atoms with E-state index < -0.39 is 9.84 Å². The maximum Gasteiger partial charge on any atom is 0.206 e. The average molecular weight is 322 g/mol. The molecule has 0 aromatic heterocycles. The van der Waals surface area contributed by atoms with Crippen LogP contribution in [0.3, 0.4) is 0 Å². The van der Waals surface area contributed by atoms with Gasteiger partial charge in [0.05, 0.1) is 21.2 Å². The molecule has 0 aliphatic heterocycles. The summed E-state index contributed by atoms with van der Waals surface area (Å²) in [6.07, 6.45) is 0. The van der Waals surface area contributed by atoms with Gasteiger partial charge in [0.1, 0.15) is 0 Å². The van der Waals surface area contributed by atoms with Crippen molar-refractivity contribution in [1.82, 2.24) is 0 Å². The van der Waals surface area contributed by atoms with Gasteiger partial charge in [-0.3, -0.25) is 0 Å². The monoisotopic (exact) mass is 322 g/mol. The summed E-state index contributed by atoms with van der Waals surface area (Å²) in [7, 11) is -3.50. The summed E-state index contributed by atoms with van der Waals surface area (Å²) < 4.78 is 24.9. The van der Waals surface area contributed by atoms with E-state index in [1.54, 1.807) is 54.6 Å². The quantitative estimate of drug-likeness (QED) is 0.639. The molecule has 3 rings (SSSR count). The number of rotatable bonds is 4. The molecular weight excluding hydrogens is 308 g/mol. The smallest absolute Gasteiger partial charge is 0.206 e. The van der Waals surface area contributed by atoms with Crippen LogP contribution in [0.2, 0.25) is 0 Å². The molecule has 4 nitrogen and oxygen atoms in total. The highest BCUT2D eigenvalue weighted by Crippen LogP contribution is 2.24. The van der Waals surface area contributed by atoms with Gasteiger partial charge in [-0.05, 0) is 48.5 Å². The van der Waals surface area contributed by atoms with Gasteiger partial charge in [-0.25, -0.2) is 8.42 Å². The molecule has 5 heteroatoms. The fraction of sp³-hybridized carbons (Fsp3) is 0. The summed E-state index contributed by atoms with van der Waals surface area (Å²) in [6, 6.07) is 24.1. The second-order valence-electron chi connectivity index (χ2n) is 4.85. The van der Waals surface area contributed by atoms with Crippen LogP contribution in [0.25, 0.3) is 0 Å². The zero-order chi connectivity index (χ0) is 16.1. The number of benzene rings is 3. The van der Waals surface area contributed by atoms with Crippen LogP contribution in [0, 0.1) is 0 Å². The van der Waals surface area contributed by atoms with Crippen molar-refractivity contribution >= 4 is 21.2 Å². The first-order valence-corrected chi connectivity index (χ1v) is 8.51. The van der Waals surface area contributed by atoms with Crippen LogP contribution in [-0.4, -0.2) is 8.42 Å². The minimum Gasteiger partial charge on any atom is -0.219 e. The molecule has 0 aliphatic carbocycles. The average Bonchev–Trinajstić information content (AvgIpc) is 2.62. The summed E-state index contributed by atoms with van der Waals surface area (Å²) in [5, 5.41) is 8.20. The molecule has 0 atom stereocenters. The maximum absolute atomic E-state index is 12.5. The third-order valence-corrected chi connectivity index (χ3v) is 5.02. The molecule has 0 saturated heterocycles. The van der Waals surface area contributed by atoms with Crippen molar-refractivity contribution in [2.45, 2.75) is 9.79 Å². The van der Waals surface area contributed by atoms with E-state index in [-0.39, 0.29) is 9.79 Å². The van der Waals surface area contributed by atoms with Gasteiger partial charge < -0.3 is 0 Å². The molecule has 3 aromatic rings. The molecule has 0 unspecified atom stereocenters. The van der Waals surface area contributed by atoms with E-state index in [1.807, 2.05) is 30.3 Å². The zero-order valence-corrected chi connectivity index (χ0v) is 13.0. The Labute approximate surface area is 135 Å². The maximum atomic E-state index is 12.5. The highest BCUT2D eigenvalue weighted by atomic mass is 32.2. The summed E-state index contributed by atoms with van der Waals surface area (Å²) in [4.78, 5) is 0.515. The van der Waals surface area contributed by atoms with E-state index in [0.717, 1.165) is 5.69 Å². The molecule has 0 saturated carbocycles. The Morgan fingerprint density at radius 2 is 0.957 bits per heavy atom. The van der Waals surface area contributed by atoms with Gasteiger partial charge in [-0.2, -0.15) is 10.2 Å². The third kappa shape index (κ3) is 3.52. The lowest BCUT2D eigenvalue weighted by Crippen LogP contribution is -2.01. The topological polar surface area (TPSA) is 58.9 Å². The molecule has 3 aromatic carbocycles. The lowest BCUT2D eigenvalue weighted by molar-refractivity contribution is 0.596. The molecular formula is C18H14N2O2S. The number of azo groups is 1. The first-order valence-electron chi connectivity index (χ1n) is 7.03. The molecule has 0 bridgehead atoms. The second kappa shape index (κ2) is 6.54. The minimum atomic E-state index is -3.50. The molecule has 0 radical (unpaired) electrons. The van der Waals surface area contributed by atoms with E-state index >= 15 is 0 Å². The SMILES string of the molecule is O=S(=O)(c1ccccc1)c1ccc(N=Nc2ccccc2)cc1. The predicted octanol–water partition coefficient (Wildman–Crippen LogP) is 4.93. The van der Waals surface area contributed by atoms with E-state index in [1.165, 1.54) is 0 Å². The molecule has 0 N–H and O–H groups in total. The van der Waals surface area contributed by atoms with Crippen LogP contribution in [0.1, 0.15) is 0 Å². The Morgan fingerprint density at radius 1 is 0.522 bits per heavy atom.